The molecule has 0 radical (unpaired) electrons. The predicted molar refractivity (Wildman–Crippen MR) is 172 cm³/mol. The summed E-state index contributed by atoms with van der Waals surface area (Å²) in [6, 6.07) is 7.75. The molecule has 226 valence electrons. The molecule has 3 fully saturated rings. The van der Waals surface area contributed by atoms with E-state index in [1.54, 1.807) is 18.2 Å². The molecule has 0 saturated carbocycles. The highest BCUT2D eigenvalue weighted by Crippen LogP contribution is 2.42. The van der Waals surface area contributed by atoms with Crippen LogP contribution in [0.15, 0.2) is 41.7 Å². The zero-order chi connectivity index (χ0) is 29.7. The third-order valence-electron chi connectivity index (χ3n) is 9.48. The number of hydrogen-bond acceptors (Lipinski definition) is 8. The number of rotatable bonds is 6. The molecular weight excluding hydrogens is 564 g/mol. The van der Waals surface area contributed by atoms with E-state index in [2.05, 4.69) is 33.5 Å². The second-order valence-electron chi connectivity index (χ2n) is 12.2. The van der Waals surface area contributed by atoms with Crippen molar-refractivity contribution in [3.63, 3.8) is 0 Å². The summed E-state index contributed by atoms with van der Waals surface area (Å²) >= 11 is 7.06. The summed E-state index contributed by atoms with van der Waals surface area (Å²) in [4.78, 5) is 25.9. The van der Waals surface area contributed by atoms with E-state index in [-0.39, 0.29) is 17.5 Å². The first-order valence-electron chi connectivity index (χ1n) is 15.4. The SMILES string of the molecule is C=C/C=c1/ccc(O)c/c1=C\c1c(Cl)cc2c(N3CC4CCC(C3)N4)nc(=O)n3c2c1OCC3CN1CCN(CC)CC1. The van der Waals surface area contributed by atoms with Crippen LogP contribution in [-0.2, 0) is 0 Å². The van der Waals surface area contributed by atoms with Crippen LogP contribution in [0.2, 0.25) is 5.02 Å². The average molecular weight is 603 g/mol. The van der Waals surface area contributed by atoms with E-state index in [0.29, 0.717) is 40.8 Å². The number of benzene rings is 2. The number of fused-ring (bicyclic) bond motifs is 2. The number of ether oxygens (including phenoxy) is 1. The van der Waals surface area contributed by atoms with Crippen LogP contribution in [0.5, 0.6) is 11.5 Å². The molecule has 9 nitrogen and oxygen atoms in total. The Morgan fingerprint density at radius 1 is 1.12 bits per heavy atom. The maximum atomic E-state index is 14.0. The molecule has 3 atom stereocenters. The lowest BCUT2D eigenvalue weighted by molar-refractivity contribution is 0.106. The highest BCUT2D eigenvalue weighted by atomic mass is 35.5. The smallest absolute Gasteiger partial charge is 0.350 e. The summed E-state index contributed by atoms with van der Waals surface area (Å²) in [5.41, 5.74) is 1.18. The Labute approximate surface area is 256 Å². The lowest BCUT2D eigenvalue weighted by atomic mass is 10.0. The number of anilines is 1. The molecule has 1 aromatic heterocycles. The van der Waals surface area contributed by atoms with E-state index in [0.717, 1.165) is 86.5 Å². The third kappa shape index (κ3) is 5.33. The zero-order valence-corrected chi connectivity index (χ0v) is 25.4. The average Bonchev–Trinajstić information content (AvgIpc) is 3.35. The molecule has 5 heterocycles. The van der Waals surface area contributed by atoms with Crippen LogP contribution < -0.4 is 31.1 Å². The highest BCUT2D eigenvalue weighted by Gasteiger charge is 2.36. The molecule has 0 amide bonds. The quantitative estimate of drug-likeness (QED) is 0.444. The van der Waals surface area contributed by atoms with Crippen molar-refractivity contribution in [2.45, 2.75) is 37.9 Å². The van der Waals surface area contributed by atoms with Crippen molar-refractivity contribution in [1.82, 2.24) is 24.7 Å². The summed E-state index contributed by atoms with van der Waals surface area (Å²) in [6.45, 7) is 13.7. The fourth-order valence-corrected chi connectivity index (χ4v) is 7.52. The van der Waals surface area contributed by atoms with Gasteiger partial charge in [-0.3, -0.25) is 9.47 Å². The Bertz CT molecular complexity index is 1740. The minimum absolute atomic E-state index is 0.152. The van der Waals surface area contributed by atoms with E-state index >= 15 is 0 Å². The van der Waals surface area contributed by atoms with E-state index in [4.69, 9.17) is 21.3 Å². The first-order chi connectivity index (χ1) is 20.9. The van der Waals surface area contributed by atoms with Crippen LogP contribution in [0.1, 0.15) is 31.4 Å². The van der Waals surface area contributed by atoms with Crippen molar-refractivity contribution in [2.75, 3.05) is 63.9 Å². The van der Waals surface area contributed by atoms with Crippen molar-refractivity contribution < 1.29 is 9.84 Å². The summed E-state index contributed by atoms with van der Waals surface area (Å²) in [6.07, 6.45) is 7.79. The highest BCUT2D eigenvalue weighted by molar-refractivity contribution is 6.33. The Kier molecular flexibility index (Phi) is 7.67. The number of phenols is 1. The fourth-order valence-electron chi connectivity index (χ4n) is 7.27. The molecule has 2 N–H and O–H groups in total. The molecule has 10 heteroatoms. The fraction of sp³-hybridized carbons (Fsp3) is 0.455. The van der Waals surface area contributed by atoms with Gasteiger partial charge in [0, 0.05) is 68.8 Å². The Hall–Kier alpha value is -3.37. The number of piperazine rings is 2. The summed E-state index contributed by atoms with van der Waals surface area (Å²) < 4.78 is 8.45. The van der Waals surface area contributed by atoms with Crippen LogP contribution in [0.3, 0.4) is 0 Å². The Balaban J connectivity index is 1.40. The molecular formula is C33H39ClN6O3. The van der Waals surface area contributed by atoms with Gasteiger partial charge in [0.1, 0.15) is 18.2 Å². The van der Waals surface area contributed by atoms with E-state index in [9.17, 15) is 9.90 Å². The number of halogens is 1. The summed E-state index contributed by atoms with van der Waals surface area (Å²) in [7, 11) is 0. The Morgan fingerprint density at radius 3 is 2.58 bits per heavy atom. The largest absolute Gasteiger partial charge is 0.508 e. The van der Waals surface area contributed by atoms with Crippen LogP contribution in [-0.4, -0.2) is 95.5 Å². The van der Waals surface area contributed by atoms with Gasteiger partial charge in [-0.1, -0.05) is 43.3 Å². The maximum Gasteiger partial charge on any atom is 0.350 e. The molecule has 7 rings (SSSR count). The molecule has 0 spiro atoms. The molecule has 2 bridgehead atoms. The van der Waals surface area contributed by atoms with Crippen molar-refractivity contribution in [3.8, 4) is 11.5 Å². The lowest BCUT2D eigenvalue weighted by Gasteiger charge is -2.38. The number of hydrogen-bond donors (Lipinski definition) is 2. The van der Waals surface area contributed by atoms with Gasteiger partial charge in [0.25, 0.3) is 0 Å². The molecule has 4 aliphatic rings. The monoisotopic (exact) mass is 602 g/mol. The van der Waals surface area contributed by atoms with Gasteiger partial charge in [-0.05, 0) is 54.1 Å². The van der Waals surface area contributed by atoms with Gasteiger partial charge in [0.2, 0.25) is 0 Å². The number of nitrogens with zero attached hydrogens (tertiary/aromatic N) is 5. The molecule has 0 aliphatic carbocycles. The molecule has 3 saturated heterocycles. The second kappa shape index (κ2) is 11.6. The van der Waals surface area contributed by atoms with Crippen molar-refractivity contribution in [3.05, 3.63) is 68.4 Å². The van der Waals surface area contributed by atoms with Gasteiger partial charge in [-0.15, -0.1) is 0 Å². The van der Waals surface area contributed by atoms with E-state index < -0.39 is 0 Å². The first kappa shape index (κ1) is 28.4. The molecule has 43 heavy (non-hydrogen) atoms. The summed E-state index contributed by atoms with van der Waals surface area (Å²) in [5.74, 6) is 1.42. The van der Waals surface area contributed by atoms with Gasteiger partial charge in [-0.2, -0.15) is 4.98 Å². The molecule has 3 unspecified atom stereocenters. The number of aromatic nitrogens is 2. The van der Waals surface area contributed by atoms with Crippen molar-refractivity contribution >= 4 is 40.5 Å². The van der Waals surface area contributed by atoms with Gasteiger partial charge >= 0.3 is 5.69 Å². The second-order valence-corrected chi connectivity index (χ2v) is 12.6. The summed E-state index contributed by atoms with van der Waals surface area (Å²) in [5, 5.41) is 17.0. The Morgan fingerprint density at radius 2 is 1.86 bits per heavy atom. The number of nitrogens with one attached hydrogen (secondary N) is 1. The van der Waals surface area contributed by atoms with Crippen molar-refractivity contribution in [2.24, 2.45) is 0 Å². The molecule has 2 aromatic carbocycles. The predicted octanol–water partition coefficient (Wildman–Crippen LogP) is 2.06. The minimum atomic E-state index is -0.249. The van der Waals surface area contributed by atoms with Gasteiger partial charge in [0.15, 0.2) is 5.75 Å². The zero-order valence-electron chi connectivity index (χ0n) is 24.6. The van der Waals surface area contributed by atoms with Crippen molar-refractivity contribution in [1.29, 1.82) is 0 Å². The standard InChI is InChI=1S/C33H39ClN6O3/c1-3-5-21-6-9-26(41)14-22(21)15-27-29(34)16-28-30-31(27)43-20-25(19-38-12-10-37(4-2)11-13-38)40(30)33(42)36-32(28)39-17-23-7-8-24(18-39)35-23/h3,5-6,9,14-16,23-25,35,41H,1,4,7-8,10-13,17-20H2,2H3/b21-5-,22-15+. The molecule has 4 aliphatic heterocycles. The molecule has 3 aromatic rings. The topological polar surface area (TPSA) is 86.1 Å². The van der Waals surface area contributed by atoms with Crippen LogP contribution in [0.25, 0.3) is 23.1 Å². The first-order valence-corrected chi connectivity index (χ1v) is 15.8. The normalized spacial score (nSPS) is 25.0. The van der Waals surface area contributed by atoms with E-state index in [1.165, 1.54) is 0 Å². The van der Waals surface area contributed by atoms with Crippen LogP contribution in [0.4, 0.5) is 5.82 Å². The number of phenolic OH excluding ortho intramolecular Hbond substituents is 1. The van der Waals surface area contributed by atoms with Gasteiger partial charge in [0.05, 0.1) is 16.6 Å². The number of likely N-dealkylation sites (N-methyl/N-ethyl adjacent to an activating group) is 1. The van der Waals surface area contributed by atoms with Gasteiger partial charge < -0.3 is 25.0 Å². The van der Waals surface area contributed by atoms with Crippen LogP contribution >= 0.6 is 11.6 Å². The van der Waals surface area contributed by atoms with Gasteiger partial charge in [-0.25, -0.2) is 4.79 Å². The number of aromatic hydroxyl groups is 1. The minimum Gasteiger partial charge on any atom is -0.508 e. The lowest BCUT2D eigenvalue weighted by Crippen LogP contribution is -2.52. The van der Waals surface area contributed by atoms with E-state index in [1.807, 2.05) is 28.9 Å². The number of allylic oxidation sites excluding steroid dienone is 1. The van der Waals surface area contributed by atoms with Crippen LogP contribution in [0, 0.1) is 0 Å². The third-order valence-corrected chi connectivity index (χ3v) is 9.80. The maximum absolute atomic E-state index is 14.0.